The van der Waals surface area contributed by atoms with Crippen LogP contribution in [-0.4, -0.2) is 23.2 Å². The van der Waals surface area contributed by atoms with E-state index in [1.807, 2.05) is 0 Å². The van der Waals surface area contributed by atoms with Gasteiger partial charge in [-0.2, -0.15) is 0 Å². The second kappa shape index (κ2) is 9.10. The maximum absolute atomic E-state index is 13.7. The number of carboxylic acids is 1. The molecular weight excluding hydrogens is 273 g/mol. The van der Waals surface area contributed by atoms with Crippen LogP contribution in [0.25, 0.3) is 0 Å². The summed E-state index contributed by atoms with van der Waals surface area (Å²) in [4.78, 5) is 22.3. The van der Waals surface area contributed by atoms with Crippen molar-refractivity contribution >= 4 is 17.6 Å². The first-order valence-corrected chi connectivity index (χ1v) is 7.33. The second-order valence-corrected chi connectivity index (χ2v) is 5.04. The van der Waals surface area contributed by atoms with Crippen molar-refractivity contribution in [1.82, 2.24) is 0 Å². The van der Waals surface area contributed by atoms with Crippen molar-refractivity contribution in [2.75, 3.05) is 5.32 Å². The topological polar surface area (TPSA) is 66.4 Å². The largest absolute Gasteiger partial charge is 0.478 e. The molecule has 0 saturated carbocycles. The molecule has 4 nitrogen and oxygen atoms in total. The molecule has 1 aromatic rings. The van der Waals surface area contributed by atoms with E-state index in [1.54, 1.807) is 0 Å². The number of amides is 1. The number of rotatable bonds is 9. The summed E-state index contributed by atoms with van der Waals surface area (Å²) in [5, 5.41) is 11.2. The average Bonchev–Trinajstić information content (AvgIpc) is 2.47. The lowest BCUT2D eigenvalue weighted by molar-refractivity contribution is -0.121. The van der Waals surface area contributed by atoms with Crippen LogP contribution in [0, 0.1) is 0 Å². The van der Waals surface area contributed by atoms with Crippen LogP contribution < -0.4 is 5.32 Å². The van der Waals surface area contributed by atoms with Gasteiger partial charge in [-0.25, -0.2) is 9.18 Å². The smallest absolute Gasteiger partial charge is 0.335 e. The Labute approximate surface area is 124 Å². The molecular formula is C16H22FNO3. The van der Waals surface area contributed by atoms with E-state index in [0.29, 0.717) is 12.1 Å². The van der Waals surface area contributed by atoms with Gasteiger partial charge in [0.25, 0.3) is 5.91 Å². The first-order valence-electron chi connectivity index (χ1n) is 7.33. The van der Waals surface area contributed by atoms with E-state index in [1.165, 1.54) is 24.3 Å². The number of carbonyl (C=O) groups is 2. The summed E-state index contributed by atoms with van der Waals surface area (Å²) in [5.41, 5.74) is 0.527. The lowest BCUT2D eigenvalue weighted by atomic mass is 10.1. The third-order valence-electron chi connectivity index (χ3n) is 3.25. The SMILES string of the molecule is CCCCCCCC(F)C(=O)Nc1ccc(C(=O)O)cc1. The van der Waals surface area contributed by atoms with Gasteiger partial charge in [-0.3, -0.25) is 4.79 Å². The van der Waals surface area contributed by atoms with Crippen molar-refractivity contribution in [3.8, 4) is 0 Å². The molecule has 1 rings (SSSR count). The van der Waals surface area contributed by atoms with E-state index in [0.717, 1.165) is 25.7 Å². The first-order chi connectivity index (χ1) is 10.0. The molecule has 1 unspecified atom stereocenters. The van der Waals surface area contributed by atoms with Crippen LogP contribution in [0.2, 0.25) is 0 Å². The van der Waals surface area contributed by atoms with Gasteiger partial charge < -0.3 is 10.4 Å². The van der Waals surface area contributed by atoms with Gasteiger partial charge in [-0.1, -0.05) is 39.0 Å². The van der Waals surface area contributed by atoms with Gasteiger partial charge >= 0.3 is 5.97 Å². The van der Waals surface area contributed by atoms with Gasteiger partial charge in [0.05, 0.1) is 5.56 Å². The van der Waals surface area contributed by atoms with Crippen LogP contribution in [0.5, 0.6) is 0 Å². The first kappa shape index (κ1) is 17.1. The number of halogens is 1. The normalized spacial score (nSPS) is 11.9. The van der Waals surface area contributed by atoms with Crippen molar-refractivity contribution in [2.24, 2.45) is 0 Å². The Morgan fingerprint density at radius 1 is 1.14 bits per heavy atom. The number of aromatic carboxylic acids is 1. The fraction of sp³-hybridized carbons (Fsp3) is 0.500. The van der Waals surface area contributed by atoms with Crippen LogP contribution in [-0.2, 0) is 4.79 Å². The number of alkyl halides is 1. The minimum Gasteiger partial charge on any atom is -0.478 e. The van der Waals surface area contributed by atoms with Crippen molar-refractivity contribution in [1.29, 1.82) is 0 Å². The molecule has 0 aliphatic carbocycles. The Bertz CT molecular complexity index is 459. The molecule has 2 N–H and O–H groups in total. The van der Waals surface area contributed by atoms with E-state index in [-0.39, 0.29) is 12.0 Å². The number of hydrogen-bond donors (Lipinski definition) is 2. The Morgan fingerprint density at radius 3 is 2.33 bits per heavy atom. The molecule has 0 bridgehead atoms. The summed E-state index contributed by atoms with van der Waals surface area (Å²) in [7, 11) is 0. The molecule has 0 fully saturated rings. The van der Waals surface area contributed by atoms with Gasteiger partial charge in [-0.05, 0) is 30.7 Å². The molecule has 0 heterocycles. The lowest BCUT2D eigenvalue weighted by Crippen LogP contribution is -2.24. The third-order valence-corrected chi connectivity index (χ3v) is 3.25. The highest BCUT2D eigenvalue weighted by Crippen LogP contribution is 2.13. The standard InChI is InChI=1S/C16H22FNO3/c1-2-3-4-5-6-7-14(17)15(19)18-13-10-8-12(9-11-13)16(20)21/h8-11,14H,2-7H2,1H3,(H,18,19)(H,20,21). The zero-order chi connectivity index (χ0) is 15.7. The zero-order valence-electron chi connectivity index (χ0n) is 12.3. The molecule has 0 aromatic heterocycles. The Hall–Kier alpha value is -1.91. The number of anilines is 1. The number of carbonyl (C=O) groups excluding carboxylic acids is 1. The van der Waals surface area contributed by atoms with Crippen molar-refractivity contribution in [2.45, 2.75) is 51.6 Å². The minimum absolute atomic E-state index is 0.126. The summed E-state index contributed by atoms with van der Waals surface area (Å²) >= 11 is 0. The zero-order valence-corrected chi connectivity index (χ0v) is 12.3. The number of nitrogens with one attached hydrogen (secondary N) is 1. The van der Waals surface area contributed by atoms with Crippen molar-refractivity contribution in [3.63, 3.8) is 0 Å². The highest BCUT2D eigenvalue weighted by Gasteiger charge is 2.16. The summed E-state index contributed by atoms with van der Waals surface area (Å²) in [6.07, 6.45) is 3.68. The molecule has 116 valence electrons. The number of hydrogen-bond acceptors (Lipinski definition) is 2. The Morgan fingerprint density at radius 2 is 1.76 bits per heavy atom. The number of carboxylic acid groups (broad SMARTS) is 1. The van der Waals surface area contributed by atoms with Crippen LogP contribution in [0.3, 0.4) is 0 Å². The highest BCUT2D eigenvalue weighted by molar-refractivity contribution is 5.95. The van der Waals surface area contributed by atoms with Crippen molar-refractivity contribution in [3.05, 3.63) is 29.8 Å². The Balaban J connectivity index is 2.36. The minimum atomic E-state index is -1.52. The highest BCUT2D eigenvalue weighted by atomic mass is 19.1. The molecule has 0 spiro atoms. The predicted octanol–water partition coefficient (Wildman–Crippen LogP) is 4.02. The fourth-order valence-electron chi connectivity index (χ4n) is 1.97. The monoisotopic (exact) mass is 295 g/mol. The van der Waals surface area contributed by atoms with E-state index in [9.17, 15) is 14.0 Å². The van der Waals surface area contributed by atoms with E-state index in [4.69, 9.17) is 5.11 Å². The quantitative estimate of drug-likeness (QED) is 0.676. The van der Waals surface area contributed by atoms with Gasteiger partial charge in [0.15, 0.2) is 6.17 Å². The molecule has 0 aliphatic rings. The summed E-state index contributed by atoms with van der Waals surface area (Å²) in [6, 6.07) is 5.65. The fourth-order valence-corrected chi connectivity index (χ4v) is 1.97. The molecule has 5 heteroatoms. The molecule has 0 aliphatic heterocycles. The van der Waals surface area contributed by atoms with Crippen LogP contribution in [0.15, 0.2) is 24.3 Å². The van der Waals surface area contributed by atoms with Gasteiger partial charge in [0.2, 0.25) is 0 Å². The lowest BCUT2D eigenvalue weighted by Gasteiger charge is -2.09. The van der Waals surface area contributed by atoms with Gasteiger partial charge in [0.1, 0.15) is 0 Å². The summed E-state index contributed by atoms with van der Waals surface area (Å²) in [6.45, 7) is 2.11. The maximum Gasteiger partial charge on any atom is 0.335 e. The summed E-state index contributed by atoms with van der Waals surface area (Å²) in [5.74, 6) is -1.71. The van der Waals surface area contributed by atoms with E-state index in [2.05, 4.69) is 12.2 Å². The third kappa shape index (κ3) is 6.38. The molecule has 1 amide bonds. The van der Waals surface area contributed by atoms with Crippen LogP contribution >= 0.6 is 0 Å². The van der Waals surface area contributed by atoms with Crippen LogP contribution in [0.4, 0.5) is 10.1 Å². The molecule has 1 aromatic carbocycles. The van der Waals surface area contributed by atoms with Gasteiger partial charge in [0, 0.05) is 5.69 Å². The average molecular weight is 295 g/mol. The Kier molecular flexibility index (Phi) is 7.43. The van der Waals surface area contributed by atoms with E-state index < -0.39 is 18.0 Å². The molecule has 0 saturated heterocycles. The predicted molar refractivity (Wildman–Crippen MR) is 80.3 cm³/mol. The van der Waals surface area contributed by atoms with Gasteiger partial charge in [-0.15, -0.1) is 0 Å². The van der Waals surface area contributed by atoms with E-state index >= 15 is 0 Å². The number of unbranched alkanes of at least 4 members (excludes halogenated alkanes) is 4. The molecule has 21 heavy (non-hydrogen) atoms. The van der Waals surface area contributed by atoms with Crippen molar-refractivity contribution < 1.29 is 19.1 Å². The second-order valence-electron chi connectivity index (χ2n) is 5.04. The molecule has 0 radical (unpaired) electrons. The van der Waals surface area contributed by atoms with Crippen LogP contribution in [0.1, 0.15) is 55.8 Å². The number of benzene rings is 1. The molecule has 1 atom stereocenters. The maximum atomic E-state index is 13.7. The summed E-state index contributed by atoms with van der Waals surface area (Å²) < 4.78 is 13.7.